The third-order valence-electron chi connectivity index (χ3n) is 4.54. The molecule has 0 aliphatic carbocycles. The lowest BCUT2D eigenvalue weighted by molar-refractivity contribution is -0.384. The number of carbonyl (C=O) groups is 1. The van der Waals surface area contributed by atoms with Gasteiger partial charge in [0.2, 0.25) is 5.90 Å². The molecule has 1 aliphatic rings. The fourth-order valence-corrected chi connectivity index (χ4v) is 5.57. The second kappa shape index (κ2) is 10.3. The number of halogens is 3. The van der Waals surface area contributed by atoms with Crippen molar-refractivity contribution in [3.8, 4) is 5.75 Å². The van der Waals surface area contributed by atoms with Gasteiger partial charge in [-0.15, -0.1) is 0 Å². The zero-order valence-corrected chi connectivity index (χ0v) is 22.5. The maximum absolute atomic E-state index is 12.3. The molecule has 0 N–H and O–H groups in total. The molecule has 0 aromatic heterocycles. The van der Waals surface area contributed by atoms with Crippen LogP contribution in [0, 0.1) is 17.3 Å². The van der Waals surface area contributed by atoms with Crippen molar-refractivity contribution >= 4 is 84.7 Å². The molecule has 0 saturated heterocycles. The number of cyclic esters (lactones) is 1. The standard InChI is InChI=1S/C23H13BrI2N2O5/c24-16-3-1-2-13(8-16)12-32-21-18(25)9-14(10-19(21)26)11-20-23(29)33-22(27-20)15-4-6-17(7-5-15)28(30)31/h1-11H,12H2/b20-11-. The van der Waals surface area contributed by atoms with E-state index in [2.05, 4.69) is 66.1 Å². The summed E-state index contributed by atoms with van der Waals surface area (Å²) in [5.41, 5.74) is 2.41. The van der Waals surface area contributed by atoms with E-state index < -0.39 is 10.9 Å². The lowest BCUT2D eigenvalue weighted by Gasteiger charge is -2.12. The number of ether oxygens (including phenoxy) is 2. The van der Waals surface area contributed by atoms with Crippen LogP contribution in [0.5, 0.6) is 5.75 Å². The van der Waals surface area contributed by atoms with Crippen molar-refractivity contribution in [1.82, 2.24) is 0 Å². The molecule has 0 atom stereocenters. The van der Waals surface area contributed by atoms with Gasteiger partial charge < -0.3 is 9.47 Å². The van der Waals surface area contributed by atoms with Gasteiger partial charge in [-0.2, -0.15) is 0 Å². The number of hydrogen-bond acceptors (Lipinski definition) is 6. The van der Waals surface area contributed by atoms with Crippen LogP contribution in [0.4, 0.5) is 5.69 Å². The zero-order valence-electron chi connectivity index (χ0n) is 16.6. The fraction of sp³-hybridized carbons (Fsp3) is 0.0435. The van der Waals surface area contributed by atoms with Crippen molar-refractivity contribution in [2.75, 3.05) is 0 Å². The van der Waals surface area contributed by atoms with E-state index in [9.17, 15) is 14.9 Å². The monoisotopic (exact) mass is 730 g/mol. The fourth-order valence-electron chi connectivity index (χ4n) is 3.00. The van der Waals surface area contributed by atoms with Gasteiger partial charge in [-0.3, -0.25) is 10.1 Å². The molecule has 0 amide bonds. The van der Waals surface area contributed by atoms with Gasteiger partial charge in [-0.05, 0) is 98.8 Å². The Kier molecular flexibility index (Phi) is 7.44. The minimum Gasteiger partial charge on any atom is -0.487 e. The molecule has 1 aliphatic heterocycles. The molecule has 4 rings (SSSR count). The minimum absolute atomic E-state index is 0.0502. The molecule has 0 saturated carbocycles. The Morgan fingerprint density at radius 3 is 2.42 bits per heavy atom. The Balaban J connectivity index is 1.54. The first-order valence-corrected chi connectivity index (χ1v) is 12.4. The van der Waals surface area contributed by atoms with E-state index in [1.54, 1.807) is 6.08 Å². The first-order valence-electron chi connectivity index (χ1n) is 9.44. The van der Waals surface area contributed by atoms with E-state index in [1.165, 1.54) is 24.3 Å². The summed E-state index contributed by atoms with van der Waals surface area (Å²) >= 11 is 7.86. The average Bonchev–Trinajstić information content (AvgIpc) is 3.13. The maximum Gasteiger partial charge on any atom is 0.363 e. The summed E-state index contributed by atoms with van der Waals surface area (Å²) in [5.74, 6) is 0.297. The highest BCUT2D eigenvalue weighted by molar-refractivity contribution is 14.1. The summed E-state index contributed by atoms with van der Waals surface area (Å²) < 4.78 is 14.1. The first kappa shape index (κ1) is 23.8. The lowest BCUT2D eigenvalue weighted by atomic mass is 10.2. The average molecular weight is 731 g/mol. The van der Waals surface area contributed by atoms with E-state index in [0.29, 0.717) is 12.2 Å². The summed E-state index contributed by atoms with van der Waals surface area (Å²) in [7, 11) is 0. The van der Waals surface area contributed by atoms with Crippen LogP contribution in [0.2, 0.25) is 0 Å². The van der Waals surface area contributed by atoms with Gasteiger partial charge in [0.05, 0.1) is 12.1 Å². The molecule has 3 aromatic rings. The maximum atomic E-state index is 12.3. The van der Waals surface area contributed by atoms with Gasteiger partial charge in [0.25, 0.3) is 5.69 Å². The lowest BCUT2D eigenvalue weighted by Crippen LogP contribution is -2.05. The largest absolute Gasteiger partial charge is 0.487 e. The second-order valence-corrected chi connectivity index (χ2v) is 10.1. The van der Waals surface area contributed by atoms with Crippen LogP contribution in [0.15, 0.2) is 75.8 Å². The van der Waals surface area contributed by atoms with Crippen LogP contribution < -0.4 is 4.74 Å². The van der Waals surface area contributed by atoms with Gasteiger partial charge in [-0.1, -0.05) is 28.1 Å². The number of nitrogens with zero attached hydrogens (tertiary/aromatic N) is 2. The third kappa shape index (κ3) is 5.79. The summed E-state index contributed by atoms with van der Waals surface area (Å²) in [6.45, 7) is 0.432. The number of nitro groups is 1. The van der Waals surface area contributed by atoms with E-state index in [0.717, 1.165) is 28.5 Å². The van der Waals surface area contributed by atoms with Crippen molar-refractivity contribution in [3.63, 3.8) is 0 Å². The number of nitro benzene ring substituents is 1. The summed E-state index contributed by atoms with van der Waals surface area (Å²) in [6, 6.07) is 17.4. The molecule has 0 spiro atoms. The van der Waals surface area contributed by atoms with Crippen LogP contribution in [-0.4, -0.2) is 16.8 Å². The van der Waals surface area contributed by atoms with Gasteiger partial charge in [0.1, 0.15) is 12.4 Å². The molecule has 0 fully saturated rings. The quantitative estimate of drug-likeness (QED) is 0.0952. The molecule has 0 radical (unpaired) electrons. The number of non-ortho nitro benzene ring substituents is 1. The first-order chi connectivity index (χ1) is 15.8. The van der Waals surface area contributed by atoms with Crippen molar-refractivity contribution in [1.29, 1.82) is 0 Å². The van der Waals surface area contributed by atoms with Gasteiger partial charge in [-0.25, -0.2) is 9.79 Å². The molecule has 0 unspecified atom stereocenters. The number of benzene rings is 3. The van der Waals surface area contributed by atoms with Gasteiger partial charge in [0, 0.05) is 22.2 Å². The Bertz CT molecular complexity index is 1300. The number of rotatable bonds is 6. The SMILES string of the molecule is O=C1OC(c2ccc([N+](=O)[O-])cc2)=N/C1=C\c1cc(I)c(OCc2cccc(Br)c2)c(I)c1. The topological polar surface area (TPSA) is 91.0 Å². The van der Waals surface area contributed by atoms with Crippen molar-refractivity contribution in [2.24, 2.45) is 4.99 Å². The second-order valence-electron chi connectivity index (χ2n) is 6.87. The predicted octanol–water partition coefficient (Wildman–Crippen LogP) is 6.49. The van der Waals surface area contributed by atoms with Crippen molar-refractivity contribution < 1.29 is 19.2 Å². The van der Waals surface area contributed by atoms with E-state index >= 15 is 0 Å². The third-order valence-corrected chi connectivity index (χ3v) is 6.64. The van der Waals surface area contributed by atoms with Crippen LogP contribution in [-0.2, 0) is 16.1 Å². The molecule has 1 heterocycles. The molecule has 33 heavy (non-hydrogen) atoms. The highest BCUT2D eigenvalue weighted by Gasteiger charge is 2.25. The van der Waals surface area contributed by atoms with E-state index in [4.69, 9.17) is 9.47 Å². The van der Waals surface area contributed by atoms with Crippen molar-refractivity contribution in [2.45, 2.75) is 6.61 Å². The molecule has 0 bridgehead atoms. The van der Waals surface area contributed by atoms with Gasteiger partial charge in [0.15, 0.2) is 5.70 Å². The highest BCUT2D eigenvalue weighted by Crippen LogP contribution is 2.31. The summed E-state index contributed by atoms with van der Waals surface area (Å²) in [6.07, 6.45) is 1.64. The Morgan fingerprint density at radius 2 is 1.79 bits per heavy atom. The Morgan fingerprint density at radius 1 is 1.09 bits per heavy atom. The number of esters is 1. The normalized spacial score (nSPS) is 14.2. The molecule has 3 aromatic carbocycles. The van der Waals surface area contributed by atoms with Crippen LogP contribution in [0.1, 0.15) is 16.7 Å². The molecule has 10 heteroatoms. The molecular formula is C23H13BrI2N2O5. The van der Waals surface area contributed by atoms with E-state index in [1.807, 2.05) is 36.4 Å². The molecule has 7 nitrogen and oxygen atoms in total. The summed E-state index contributed by atoms with van der Waals surface area (Å²) in [5, 5.41) is 10.8. The highest BCUT2D eigenvalue weighted by atomic mass is 127. The number of hydrogen-bond donors (Lipinski definition) is 0. The number of aliphatic imine (C=N–C) groups is 1. The molecule has 166 valence electrons. The van der Waals surface area contributed by atoms with Crippen LogP contribution in [0.25, 0.3) is 6.08 Å². The Labute approximate surface area is 224 Å². The molecular weight excluding hydrogens is 718 g/mol. The van der Waals surface area contributed by atoms with Crippen molar-refractivity contribution in [3.05, 3.63) is 105 Å². The smallest absolute Gasteiger partial charge is 0.363 e. The number of carbonyl (C=O) groups excluding carboxylic acids is 1. The van der Waals surface area contributed by atoms with Gasteiger partial charge >= 0.3 is 5.97 Å². The van der Waals surface area contributed by atoms with Crippen LogP contribution in [0.3, 0.4) is 0 Å². The predicted molar refractivity (Wildman–Crippen MR) is 144 cm³/mol. The Hall–Kier alpha value is -2.32. The zero-order chi connectivity index (χ0) is 23.5. The van der Waals surface area contributed by atoms with Crippen LogP contribution >= 0.6 is 61.1 Å². The summed E-state index contributed by atoms with van der Waals surface area (Å²) in [4.78, 5) is 26.9. The minimum atomic E-state index is -0.580. The van der Waals surface area contributed by atoms with E-state index in [-0.39, 0.29) is 17.3 Å².